The summed E-state index contributed by atoms with van der Waals surface area (Å²) in [5, 5.41) is 0. The normalized spacial score (nSPS) is 12.7. The molecule has 0 rings (SSSR count). The first-order valence-electron chi connectivity index (χ1n) is 29.1. The summed E-state index contributed by atoms with van der Waals surface area (Å²) < 4.78 is 16.8. The maximum Gasteiger partial charge on any atom is 0.306 e. The van der Waals surface area contributed by atoms with Gasteiger partial charge in [0.05, 0.1) is 0 Å². The summed E-state index contributed by atoms with van der Waals surface area (Å²) in [4.78, 5) is 38.2. The van der Waals surface area contributed by atoms with E-state index in [2.05, 4.69) is 106 Å². The van der Waals surface area contributed by atoms with Crippen molar-refractivity contribution in [3.63, 3.8) is 0 Å². The van der Waals surface area contributed by atoms with E-state index in [9.17, 15) is 14.4 Å². The highest BCUT2D eigenvalue weighted by Crippen LogP contribution is 2.16. The second-order valence-corrected chi connectivity index (χ2v) is 19.2. The van der Waals surface area contributed by atoms with Gasteiger partial charge in [0.25, 0.3) is 0 Å². The molecule has 6 nitrogen and oxygen atoms in total. The van der Waals surface area contributed by atoms with Crippen molar-refractivity contribution >= 4 is 17.9 Å². The fourth-order valence-corrected chi connectivity index (χ4v) is 8.04. The van der Waals surface area contributed by atoms with Gasteiger partial charge in [0.2, 0.25) is 0 Å². The molecule has 0 aliphatic heterocycles. The van der Waals surface area contributed by atoms with E-state index in [0.717, 1.165) is 96.3 Å². The van der Waals surface area contributed by atoms with E-state index < -0.39 is 6.10 Å². The predicted molar refractivity (Wildman–Crippen MR) is 297 cm³/mol. The van der Waals surface area contributed by atoms with E-state index in [1.165, 1.54) is 135 Å². The number of hydrogen-bond acceptors (Lipinski definition) is 6. The molecule has 0 saturated carbocycles. The van der Waals surface area contributed by atoms with E-state index in [-0.39, 0.29) is 37.5 Å². The minimum absolute atomic E-state index is 0.103. The Morgan fingerprint density at radius 3 is 0.928 bits per heavy atom. The highest BCUT2D eigenvalue weighted by atomic mass is 16.6. The smallest absolute Gasteiger partial charge is 0.306 e. The van der Waals surface area contributed by atoms with Crippen LogP contribution in [-0.4, -0.2) is 37.2 Å². The van der Waals surface area contributed by atoms with Crippen LogP contribution in [0, 0.1) is 0 Å². The number of allylic oxidation sites excluding steroid dienone is 14. The van der Waals surface area contributed by atoms with Crippen LogP contribution in [0.4, 0.5) is 0 Å². The van der Waals surface area contributed by atoms with Gasteiger partial charge in [-0.25, -0.2) is 0 Å². The summed E-state index contributed by atoms with van der Waals surface area (Å²) in [6.45, 7) is 6.48. The van der Waals surface area contributed by atoms with Crippen LogP contribution in [0.2, 0.25) is 0 Å². The maximum absolute atomic E-state index is 12.8. The number of ether oxygens (including phenoxy) is 3. The molecule has 0 aliphatic carbocycles. The Balaban J connectivity index is 4.48. The molecule has 69 heavy (non-hydrogen) atoms. The van der Waals surface area contributed by atoms with Crippen LogP contribution in [0.5, 0.6) is 0 Å². The van der Waals surface area contributed by atoms with Crippen molar-refractivity contribution in [3.8, 4) is 0 Å². The highest BCUT2D eigenvalue weighted by Gasteiger charge is 2.19. The van der Waals surface area contributed by atoms with Crippen molar-refractivity contribution in [2.75, 3.05) is 13.2 Å². The summed E-state index contributed by atoms with van der Waals surface area (Å²) in [5.74, 6) is -0.972. The summed E-state index contributed by atoms with van der Waals surface area (Å²) in [6.07, 6.45) is 74.4. The molecule has 0 radical (unpaired) electrons. The van der Waals surface area contributed by atoms with Gasteiger partial charge in [-0.1, -0.05) is 254 Å². The minimum Gasteiger partial charge on any atom is -0.462 e. The molecular formula is C63H108O6. The molecule has 0 fully saturated rings. The minimum atomic E-state index is -0.812. The Kier molecular flexibility index (Phi) is 54.3. The van der Waals surface area contributed by atoms with Gasteiger partial charge < -0.3 is 14.2 Å². The van der Waals surface area contributed by atoms with Gasteiger partial charge in [-0.15, -0.1) is 0 Å². The summed E-state index contributed by atoms with van der Waals surface area (Å²) in [5.41, 5.74) is 0. The lowest BCUT2D eigenvalue weighted by molar-refractivity contribution is -0.167. The molecular weight excluding hydrogens is 853 g/mol. The average molecular weight is 962 g/mol. The Morgan fingerprint density at radius 1 is 0.304 bits per heavy atom. The number of carbonyl (C=O) groups is 3. The van der Waals surface area contributed by atoms with Crippen molar-refractivity contribution in [1.29, 1.82) is 0 Å². The monoisotopic (exact) mass is 961 g/mol. The zero-order chi connectivity index (χ0) is 50.0. The standard InChI is InChI=1S/C63H108O6/c1-4-7-10-13-16-19-22-25-28-31-34-37-40-43-46-49-52-55-61(64)67-58-60(69-63(66)57-54-51-48-45-42-39-36-33-30-27-24-21-18-15-12-9-6-3)59-68-62(65)56-53-50-47-44-41-38-35-32-29-26-23-20-17-14-11-8-5-2/h7,10,16,19,25,27-28,30,34,36-37,39,45,48,60H,4-6,8-9,11-15,17-18,20-24,26,29,31-33,35,38,40-44,46-47,49-59H2,1-3H3/b10-7-,19-16-,28-25-,30-27-,37-34-,39-36-,48-45-/t60-/m1/s1. The lowest BCUT2D eigenvalue weighted by Crippen LogP contribution is -2.30. The fraction of sp³-hybridized carbons (Fsp3) is 0.730. The molecule has 0 bridgehead atoms. The largest absolute Gasteiger partial charge is 0.462 e. The van der Waals surface area contributed by atoms with Gasteiger partial charge in [0, 0.05) is 19.3 Å². The Labute approximate surface area is 426 Å². The summed E-state index contributed by atoms with van der Waals surface area (Å²) >= 11 is 0. The quantitative estimate of drug-likeness (QED) is 0.0262. The first-order valence-corrected chi connectivity index (χ1v) is 29.1. The molecule has 0 N–H and O–H groups in total. The number of hydrogen-bond donors (Lipinski definition) is 0. The van der Waals surface area contributed by atoms with E-state index in [1.54, 1.807) is 0 Å². The maximum atomic E-state index is 12.8. The van der Waals surface area contributed by atoms with Gasteiger partial charge in [-0.3, -0.25) is 14.4 Å². The molecule has 396 valence electrons. The van der Waals surface area contributed by atoms with Crippen LogP contribution < -0.4 is 0 Å². The molecule has 6 heteroatoms. The average Bonchev–Trinajstić information content (AvgIpc) is 3.35. The van der Waals surface area contributed by atoms with Crippen LogP contribution >= 0.6 is 0 Å². The molecule has 0 aromatic heterocycles. The van der Waals surface area contributed by atoms with Gasteiger partial charge >= 0.3 is 17.9 Å². The number of carbonyl (C=O) groups excluding carboxylic acids is 3. The third kappa shape index (κ3) is 55.4. The van der Waals surface area contributed by atoms with Gasteiger partial charge in [0.1, 0.15) is 13.2 Å². The zero-order valence-corrected chi connectivity index (χ0v) is 45.3. The van der Waals surface area contributed by atoms with E-state index in [4.69, 9.17) is 14.2 Å². The van der Waals surface area contributed by atoms with Gasteiger partial charge in [-0.2, -0.15) is 0 Å². The van der Waals surface area contributed by atoms with Crippen LogP contribution in [0.15, 0.2) is 85.1 Å². The molecule has 0 aromatic carbocycles. The van der Waals surface area contributed by atoms with E-state index >= 15 is 0 Å². The number of esters is 3. The second-order valence-electron chi connectivity index (χ2n) is 19.2. The second kappa shape index (κ2) is 57.2. The van der Waals surface area contributed by atoms with Crippen molar-refractivity contribution < 1.29 is 28.6 Å². The first-order chi connectivity index (χ1) is 34.0. The summed E-state index contributed by atoms with van der Waals surface area (Å²) in [6, 6.07) is 0. The topological polar surface area (TPSA) is 78.9 Å². The molecule has 0 aliphatic rings. The van der Waals surface area contributed by atoms with Crippen molar-refractivity contribution in [2.45, 2.75) is 284 Å². The van der Waals surface area contributed by atoms with Crippen LogP contribution in [0.3, 0.4) is 0 Å². The SMILES string of the molecule is CC/C=C\C/C=C\C/C=C\C/C=C\CCCCCCC(=O)OC[C@H](COC(=O)CCCCCCCCCCCCCCCCCCC)OC(=O)CCC/C=C\C/C=C\C/C=C\CCCCCCCC. The third-order valence-electron chi connectivity index (χ3n) is 12.4. The molecule has 0 amide bonds. The van der Waals surface area contributed by atoms with Crippen LogP contribution in [0.1, 0.15) is 278 Å². The Bertz CT molecular complexity index is 1330. The predicted octanol–water partition coefficient (Wildman–Crippen LogP) is 19.5. The van der Waals surface area contributed by atoms with Crippen LogP contribution in [0.25, 0.3) is 0 Å². The van der Waals surface area contributed by atoms with Crippen molar-refractivity contribution in [1.82, 2.24) is 0 Å². The first kappa shape index (κ1) is 65.6. The van der Waals surface area contributed by atoms with Crippen molar-refractivity contribution in [3.05, 3.63) is 85.1 Å². The third-order valence-corrected chi connectivity index (χ3v) is 12.4. The molecule has 0 spiro atoms. The van der Waals surface area contributed by atoms with Crippen molar-refractivity contribution in [2.24, 2.45) is 0 Å². The van der Waals surface area contributed by atoms with Gasteiger partial charge in [-0.05, 0) is 89.9 Å². The fourth-order valence-electron chi connectivity index (χ4n) is 8.04. The molecule has 1 atom stereocenters. The zero-order valence-electron chi connectivity index (χ0n) is 45.3. The van der Waals surface area contributed by atoms with Gasteiger partial charge in [0.15, 0.2) is 6.10 Å². The van der Waals surface area contributed by atoms with Crippen LogP contribution in [-0.2, 0) is 28.6 Å². The lowest BCUT2D eigenvalue weighted by Gasteiger charge is -2.18. The molecule has 0 unspecified atom stereocenters. The lowest BCUT2D eigenvalue weighted by atomic mass is 10.0. The highest BCUT2D eigenvalue weighted by molar-refractivity contribution is 5.71. The summed E-state index contributed by atoms with van der Waals surface area (Å²) in [7, 11) is 0. The van der Waals surface area contributed by atoms with E-state index in [0.29, 0.717) is 19.3 Å². The Morgan fingerprint density at radius 2 is 0.580 bits per heavy atom. The molecule has 0 saturated heterocycles. The van der Waals surface area contributed by atoms with E-state index in [1.807, 2.05) is 0 Å². The Hall–Kier alpha value is -3.41. The number of unbranched alkanes of at least 4 members (excludes halogenated alkanes) is 27. The molecule has 0 heterocycles. The molecule has 0 aromatic rings. The number of rotatable bonds is 52.